The van der Waals surface area contributed by atoms with E-state index in [1.54, 1.807) is 5.57 Å². The topological polar surface area (TPSA) is 0 Å². The fourth-order valence-electron chi connectivity index (χ4n) is 2.96. The molecule has 0 bridgehead atoms. The molecule has 0 N–H and O–H groups in total. The Balaban J connectivity index is 2.40. The normalized spacial score (nSPS) is 14.8. The predicted molar refractivity (Wildman–Crippen MR) is 75.2 cm³/mol. The van der Waals surface area contributed by atoms with Crippen molar-refractivity contribution in [2.75, 3.05) is 0 Å². The molecule has 2 aromatic carbocycles. The van der Waals surface area contributed by atoms with E-state index >= 15 is 0 Å². The van der Waals surface area contributed by atoms with E-state index in [0.717, 1.165) is 0 Å². The summed E-state index contributed by atoms with van der Waals surface area (Å²) < 4.78 is 0. The summed E-state index contributed by atoms with van der Waals surface area (Å²) in [5, 5.41) is 2.80. The molecule has 0 atom stereocenters. The van der Waals surface area contributed by atoms with Gasteiger partial charge in [-0.15, -0.1) is 0 Å². The number of hydrogen-bond donors (Lipinski definition) is 0. The molecule has 1 aliphatic rings. The second kappa shape index (κ2) is 4.03. The molecule has 0 amide bonds. The summed E-state index contributed by atoms with van der Waals surface area (Å²) in [6.07, 6.45) is 3.77. The second-order valence-electron chi connectivity index (χ2n) is 5.15. The van der Waals surface area contributed by atoms with Gasteiger partial charge in [0.05, 0.1) is 0 Å². The van der Waals surface area contributed by atoms with E-state index in [1.807, 2.05) is 0 Å². The third-order valence-electron chi connectivity index (χ3n) is 3.79. The number of rotatable bonds is 0. The van der Waals surface area contributed by atoms with Crippen LogP contribution in [0.15, 0.2) is 42.0 Å². The molecule has 0 unspecified atom stereocenters. The molecule has 86 valence electrons. The highest BCUT2D eigenvalue weighted by Gasteiger charge is 2.17. The van der Waals surface area contributed by atoms with Crippen LogP contribution in [0, 0.1) is 0 Å². The number of hydrogen-bond acceptors (Lipinski definition) is 0. The highest BCUT2D eigenvalue weighted by molar-refractivity contribution is 5.96. The Morgan fingerprint density at radius 2 is 1.76 bits per heavy atom. The third-order valence-corrected chi connectivity index (χ3v) is 3.79. The van der Waals surface area contributed by atoms with Crippen molar-refractivity contribution in [3.8, 4) is 0 Å². The van der Waals surface area contributed by atoms with E-state index in [1.165, 1.54) is 46.7 Å². The molecule has 0 aromatic heterocycles. The lowest BCUT2D eigenvalue weighted by atomic mass is 9.82. The molecule has 0 saturated carbocycles. The number of allylic oxidation sites excluding steroid dienone is 2. The van der Waals surface area contributed by atoms with Crippen molar-refractivity contribution in [1.82, 2.24) is 0 Å². The van der Waals surface area contributed by atoms with Crippen molar-refractivity contribution >= 4 is 16.3 Å². The van der Waals surface area contributed by atoms with Gasteiger partial charge in [-0.1, -0.05) is 42.0 Å². The van der Waals surface area contributed by atoms with E-state index in [4.69, 9.17) is 0 Å². The van der Waals surface area contributed by atoms with Gasteiger partial charge in [-0.05, 0) is 60.6 Å². The monoisotopic (exact) mass is 222 g/mol. The average Bonchev–Trinajstić information content (AvgIpc) is 2.37. The summed E-state index contributed by atoms with van der Waals surface area (Å²) in [5.41, 5.74) is 6.10. The van der Waals surface area contributed by atoms with E-state index in [0.29, 0.717) is 0 Å². The van der Waals surface area contributed by atoms with E-state index in [2.05, 4.69) is 50.2 Å². The summed E-state index contributed by atoms with van der Waals surface area (Å²) in [7, 11) is 0. The summed E-state index contributed by atoms with van der Waals surface area (Å²) in [5.74, 6) is 0. The van der Waals surface area contributed by atoms with Crippen LogP contribution < -0.4 is 0 Å². The zero-order valence-corrected chi connectivity index (χ0v) is 10.6. The Hall–Kier alpha value is -1.56. The number of benzene rings is 2. The molecule has 0 fully saturated rings. The zero-order valence-electron chi connectivity index (χ0n) is 10.6. The molecule has 0 saturated heterocycles. The molecule has 0 nitrogen and oxygen atoms in total. The maximum atomic E-state index is 2.32. The van der Waals surface area contributed by atoms with Crippen LogP contribution in [0.3, 0.4) is 0 Å². The zero-order chi connectivity index (χ0) is 11.8. The maximum Gasteiger partial charge on any atom is -0.0106 e. The molecule has 1 aliphatic carbocycles. The predicted octanol–water partition coefficient (Wildman–Crippen LogP) is 4.97. The van der Waals surface area contributed by atoms with Crippen LogP contribution in [-0.4, -0.2) is 0 Å². The van der Waals surface area contributed by atoms with Crippen molar-refractivity contribution in [2.24, 2.45) is 0 Å². The number of aryl methyl sites for hydroxylation is 1. The fourth-order valence-corrected chi connectivity index (χ4v) is 2.96. The second-order valence-corrected chi connectivity index (χ2v) is 5.15. The van der Waals surface area contributed by atoms with Crippen molar-refractivity contribution in [3.63, 3.8) is 0 Å². The first kappa shape index (κ1) is 10.6. The first-order valence-electron chi connectivity index (χ1n) is 6.45. The lowest BCUT2D eigenvalue weighted by molar-refractivity contribution is 0.821. The number of fused-ring (bicyclic) bond motifs is 3. The lowest BCUT2D eigenvalue weighted by Gasteiger charge is -2.22. The molecule has 3 rings (SSSR count). The van der Waals surface area contributed by atoms with Crippen LogP contribution in [-0.2, 0) is 6.42 Å². The van der Waals surface area contributed by atoms with Crippen molar-refractivity contribution in [2.45, 2.75) is 33.1 Å². The van der Waals surface area contributed by atoms with Crippen molar-refractivity contribution in [3.05, 3.63) is 53.1 Å². The lowest BCUT2D eigenvalue weighted by Crippen LogP contribution is -2.03. The molecule has 2 aromatic rings. The fraction of sp³-hybridized carbons (Fsp3) is 0.294. The molecular weight excluding hydrogens is 204 g/mol. The maximum absolute atomic E-state index is 2.32. The van der Waals surface area contributed by atoms with Gasteiger partial charge in [-0.3, -0.25) is 0 Å². The minimum absolute atomic E-state index is 1.23. The molecule has 0 spiro atoms. The smallest absolute Gasteiger partial charge is 0.0106 e. The minimum atomic E-state index is 1.23. The Morgan fingerprint density at radius 1 is 0.941 bits per heavy atom. The van der Waals surface area contributed by atoms with Gasteiger partial charge >= 0.3 is 0 Å². The molecular formula is C17H18. The summed E-state index contributed by atoms with van der Waals surface area (Å²) in [4.78, 5) is 0. The molecule has 0 heteroatoms. The standard InChI is InChI=1S/C17H18/c1-12(2)15-9-5-7-14-11-10-13-6-3-4-8-16(13)17(14)15/h3-4,6,8,10-11H,5,7,9H2,1-2H3. The highest BCUT2D eigenvalue weighted by atomic mass is 14.2. The molecule has 0 radical (unpaired) electrons. The van der Waals surface area contributed by atoms with Gasteiger partial charge in [0.1, 0.15) is 0 Å². The van der Waals surface area contributed by atoms with Crippen LogP contribution in [0.1, 0.15) is 37.8 Å². The largest absolute Gasteiger partial charge is 0.0726 e. The van der Waals surface area contributed by atoms with E-state index in [9.17, 15) is 0 Å². The first-order valence-corrected chi connectivity index (χ1v) is 6.45. The van der Waals surface area contributed by atoms with Crippen molar-refractivity contribution < 1.29 is 0 Å². The first-order chi connectivity index (χ1) is 8.27. The van der Waals surface area contributed by atoms with Gasteiger partial charge in [-0.2, -0.15) is 0 Å². The Bertz CT molecular complexity index is 598. The van der Waals surface area contributed by atoms with Gasteiger partial charge in [0.25, 0.3) is 0 Å². The van der Waals surface area contributed by atoms with Gasteiger partial charge in [-0.25, -0.2) is 0 Å². The quantitative estimate of drug-likeness (QED) is 0.590. The molecule has 0 aliphatic heterocycles. The van der Waals surface area contributed by atoms with Crippen LogP contribution in [0.4, 0.5) is 0 Å². The van der Waals surface area contributed by atoms with Gasteiger partial charge in [0.15, 0.2) is 0 Å². The van der Waals surface area contributed by atoms with Gasteiger partial charge < -0.3 is 0 Å². The highest BCUT2D eigenvalue weighted by Crippen LogP contribution is 2.37. The van der Waals surface area contributed by atoms with Gasteiger partial charge in [0, 0.05) is 0 Å². The molecule has 17 heavy (non-hydrogen) atoms. The SMILES string of the molecule is CC(C)=C1CCCc2ccc3ccccc3c21. The van der Waals surface area contributed by atoms with Crippen LogP contribution >= 0.6 is 0 Å². The molecule has 0 heterocycles. The van der Waals surface area contributed by atoms with Crippen LogP contribution in [0.25, 0.3) is 16.3 Å². The Labute approximate surface area is 103 Å². The van der Waals surface area contributed by atoms with Crippen molar-refractivity contribution in [1.29, 1.82) is 0 Å². The summed E-state index contributed by atoms with van der Waals surface area (Å²) >= 11 is 0. The van der Waals surface area contributed by atoms with Crippen LogP contribution in [0.5, 0.6) is 0 Å². The summed E-state index contributed by atoms with van der Waals surface area (Å²) in [6.45, 7) is 4.48. The minimum Gasteiger partial charge on any atom is -0.0726 e. The Morgan fingerprint density at radius 3 is 2.59 bits per heavy atom. The van der Waals surface area contributed by atoms with E-state index in [-0.39, 0.29) is 0 Å². The Kier molecular flexibility index (Phi) is 2.51. The summed E-state index contributed by atoms with van der Waals surface area (Å²) in [6, 6.07) is 13.3. The van der Waals surface area contributed by atoms with Gasteiger partial charge in [0.2, 0.25) is 0 Å². The van der Waals surface area contributed by atoms with E-state index < -0.39 is 0 Å². The third kappa shape index (κ3) is 1.68. The average molecular weight is 222 g/mol. The van der Waals surface area contributed by atoms with Crippen LogP contribution in [0.2, 0.25) is 0 Å².